The van der Waals surface area contributed by atoms with E-state index in [4.69, 9.17) is 11.6 Å². The maximum absolute atomic E-state index is 13.2. The number of halogens is 2. The third kappa shape index (κ3) is 4.75. The van der Waals surface area contributed by atoms with Crippen molar-refractivity contribution in [3.05, 3.63) is 58.9 Å². The monoisotopic (exact) mass is 396 g/mol. The first-order valence-corrected chi connectivity index (χ1v) is 10.6. The second kappa shape index (κ2) is 8.37. The van der Waals surface area contributed by atoms with Gasteiger partial charge >= 0.3 is 0 Å². The van der Waals surface area contributed by atoms with Gasteiger partial charge in [-0.2, -0.15) is 0 Å². The molecule has 140 valence electrons. The molecule has 7 heteroatoms. The highest BCUT2D eigenvalue weighted by molar-refractivity contribution is 7.89. The van der Waals surface area contributed by atoms with E-state index in [1.807, 2.05) is 12.1 Å². The van der Waals surface area contributed by atoms with Crippen LogP contribution in [-0.4, -0.2) is 28.1 Å². The summed E-state index contributed by atoms with van der Waals surface area (Å²) in [5.41, 5.74) is 2.28. The van der Waals surface area contributed by atoms with Crippen LogP contribution in [0.1, 0.15) is 24.8 Å². The molecule has 0 bridgehead atoms. The average molecular weight is 397 g/mol. The van der Waals surface area contributed by atoms with Crippen LogP contribution >= 0.6 is 11.6 Å². The zero-order chi connectivity index (χ0) is 18.6. The number of rotatable bonds is 6. The van der Waals surface area contributed by atoms with Crippen LogP contribution in [0.2, 0.25) is 5.02 Å². The minimum absolute atomic E-state index is 0.0376. The summed E-state index contributed by atoms with van der Waals surface area (Å²) < 4.78 is 40.2. The Morgan fingerprint density at radius 1 is 1.04 bits per heavy atom. The van der Waals surface area contributed by atoms with Crippen molar-refractivity contribution in [1.82, 2.24) is 4.72 Å². The van der Waals surface area contributed by atoms with Gasteiger partial charge in [0.2, 0.25) is 10.0 Å². The van der Waals surface area contributed by atoms with Gasteiger partial charge in [-0.05, 0) is 61.6 Å². The molecular formula is C19H22ClFN2O2S. The number of hydrogen-bond donors (Lipinski definition) is 1. The number of nitrogens with zero attached hydrogens (tertiary/aromatic N) is 1. The Hall–Kier alpha value is -1.63. The summed E-state index contributed by atoms with van der Waals surface area (Å²) in [6.45, 7) is 2.46. The van der Waals surface area contributed by atoms with E-state index in [0.717, 1.165) is 30.8 Å². The molecule has 0 radical (unpaired) electrons. The normalized spacial score (nSPS) is 15.2. The first-order valence-electron chi connectivity index (χ1n) is 8.74. The quantitative estimate of drug-likeness (QED) is 0.803. The molecule has 4 nitrogen and oxygen atoms in total. The lowest BCUT2D eigenvalue weighted by molar-refractivity contribution is 0.577. The van der Waals surface area contributed by atoms with Crippen LogP contribution in [0, 0.1) is 5.82 Å². The Labute approximate surface area is 159 Å². The predicted octanol–water partition coefficient (Wildman–Crippen LogP) is 3.99. The molecule has 0 spiro atoms. The van der Waals surface area contributed by atoms with E-state index in [1.165, 1.54) is 31.0 Å². The fraction of sp³-hybridized carbons (Fsp3) is 0.368. The van der Waals surface area contributed by atoms with Crippen molar-refractivity contribution in [3.8, 4) is 0 Å². The summed E-state index contributed by atoms with van der Waals surface area (Å²) in [5, 5.41) is -0.207. The molecule has 3 rings (SSSR count). The van der Waals surface area contributed by atoms with Crippen LogP contribution in [0.3, 0.4) is 0 Å². The van der Waals surface area contributed by atoms with Crippen LogP contribution in [-0.2, 0) is 16.4 Å². The van der Waals surface area contributed by atoms with Gasteiger partial charge in [-0.1, -0.05) is 23.7 Å². The summed E-state index contributed by atoms with van der Waals surface area (Å²) in [4.78, 5) is 2.35. The molecule has 1 aliphatic rings. The lowest BCUT2D eigenvalue weighted by Crippen LogP contribution is -2.29. The first kappa shape index (κ1) is 19.1. The fourth-order valence-electron chi connectivity index (χ4n) is 3.08. The SMILES string of the molecule is O=S(=O)(NCCc1ccc(N2CCCCC2)cc1)c1ccc(F)c(Cl)c1. The largest absolute Gasteiger partial charge is 0.372 e. The standard InChI is InChI=1S/C19H22ClFN2O2S/c20-18-14-17(8-9-19(18)21)26(24,25)22-11-10-15-4-6-16(7-5-15)23-12-2-1-3-13-23/h4-9,14,22H,1-3,10-13H2. The molecule has 1 fully saturated rings. The zero-order valence-corrected chi connectivity index (χ0v) is 16.0. The highest BCUT2D eigenvalue weighted by atomic mass is 35.5. The highest BCUT2D eigenvalue weighted by Gasteiger charge is 2.15. The molecule has 1 saturated heterocycles. The van der Waals surface area contributed by atoms with E-state index in [9.17, 15) is 12.8 Å². The Morgan fingerprint density at radius 2 is 1.73 bits per heavy atom. The van der Waals surface area contributed by atoms with Crippen molar-refractivity contribution < 1.29 is 12.8 Å². The molecule has 1 aliphatic heterocycles. The molecule has 0 aromatic heterocycles. The van der Waals surface area contributed by atoms with E-state index in [-0.39, 0.29) is 16.5 Å². The minimum Gasteiger partial charge on any atom is -0.372 e. The topological polar surface area (TPSA) is 49.4 Å². The summed E-state index contributed by atoms with van der Waals surface area (Å²) in [5.74, 6) is -0.639. The molecule has 0 saturated carbocycles. The van der Waals surface area contributed by atoms with Crippen molar-refractivity contribution in [3.63, 3.8) is 0 Å². The lowest BCUT2D eigenvalue weighted by Gasteiger charge is -2.28. The third-order valence-electron chi connectivity index (χ3n) is 4.56. The first-order chi connectivity index (χ1) is 12.5. The number of anilines is 1. The Kier molecular flexibility index (Phi) is 6.16. The predicted molar refractivity (Wildman–Crippen MR) is 103 cm³/mol. The third-order valence-corrected chi connectivity index (χ3v) is 6.31. The van der Waals surface area contributed by atoms with Crippen LogP contribution in [0.15, 0.2) is 47.4 Å². The molecule has 1 N–H and O–H groups in total. The number of hydrogen-bond acceptors (Lipinski definition) is 3. The summed E-state index contributed by atoms with van der Waals surface area (Å²) in [6, 6.07) is 11.6. The maximum Gasteiger partial charge on any atom is 0.240 e. The molecule has 2 aromatic carbocycles. The summed E-state index contributed by atoms with van der Waals surface area (Å²) in [7, 11) is -3.70. The number of piperidine rings is 1. The van der Waals surface area contributed by atoms with Crippen molar-refractivity contribution in [2.24, 2.45) is 0 Å². The second-order valence-corrected chi connectivity index (χ2v) is 8.61. The molecule has 1 heterocycles. The summed E-state index contributed by atoms with van der Waals surface area (Å²) in [6.07, 6.45) is 4.34. The number of benzene rings is 2. The molecule has 0 amide bonds. The number of sulfonamides is 1. The lowest BCUT2D eigenvalue weighted by atomic mass is 10.1. The van der Waals surface area contributed by atoms with Crippen LogP contribution in [0.25, 0.3) is 0 Å². The molecule has 0 unspecified atom stereocenters. The molecular weight excluding hydrogens is 375 g/mol. The average Bonchev–Trinajstić information content (AvgIpc) is 2.65. The zero-order valence-electron chi connectivity index (χ0n) is 14.4. The van der Waals surface area contributed by atoms with Gasteiger partial charge in [0.1, 0.15) is 5.82 Å². The van der Waals surface area contributed by atoms with Gasteiger partial charge in [-0.25, -0.2) is 17.5 Å². The van der Waals surface area contributed by atoms with Crippen LogP contribution < -0.4 is 9.62 Å². The van der Waals surface area contributed by atoms with Gasteiger partial charge in [-0.15, -0.1) is 0 Å². The maximum atomic E-state index is 13.2. The van der Waals surface area contributed by atoms with E-state index in [2.05, 4.69) is 21.8 Å². The number of nitrogens with one attached hydrogen (secondary N) is 1. The van der Waals surface area contributed by atoms with E-state index < -0.39 is 15.8 Å². The van der Waals surface area contributed by atoms with Gasteiger partial charge < -0.3 is 4.90 Å². The Balaban J connectivity index is 1.56. The molecule has 0 aliphatic carbocycles. The van der Waals surface area contributed by atoms with Gasteiger partial charge in [0.05, 0.1) is 9.92 Å². The van der Waals surface area contributed by atoms with Gasteiger partial charge in [0.15, 0.2) is 0 Å². The highest BCUT2D eigenvalue weighted by Crippen LogP contribution is 2.21. The van der Waals surface area contributed by atoms with Crippen molar-refractivity contribution >= 4 is 27.3 Å². The van der Waals surface area contributed by atoms with Crippen molar-refractivity contribution in [2.45, 2.75) is 30.6 Å². The van der Waals surface area contributed by atoms with E-state index in [0.29, 0.717) is 6.42 Å². The molecule has 26 heavy (non-hydrogen) atoms. The smallest absolute Gasteiger partial charge is 0.240 e. The summed E-state index contributed by atoms with van der Waals surface area (Å²) >= 11 is 5.66. The van der Waals surface area contributed by atoms with Gasteiger partial charge in [0, 0.05) is 25.3 Å². The van der Waals surface area contributed by atoms with Crippen molar-refractivity contribution in [1.29, 1.82) is 0 Å². The minimum atomic E-state index is -3.70. The Morgan fingerprint density at radius 3 is 2.38 bits per heavy atom. The molecule has 2 aromatic rings. The fourth-order valence-corrected chi connectivity index (χ4v) is 4.39. The second-order valence-electron chi connectivity index (χ2n) is 6.44. The van der Waals surface area contributed by atoms with Crippen molar-refractivity contribution in [2.75, 3.05) is 24.5 Å². The van der Waals surface area contributed by atoms with Gasteiger partial charge in [0.25, 0.3) is 0 Å². The molecule has 0 atom stereocenters. The van der Waals surface area contributed by atoms with Crippen LogP contribution in [0.5, 0.6) is 0 Å². The van der Waals surface area contributed by atoms with Crippen LogP contribution in [0.4, 0.5) is 10.1 Å². The van der Waals surface area contributed by atoms with E-state index >= 15 is 0 Å². The Bertz CT molecular complexity index is 850. The van der Waals surface area contributed by atoms with Gasteiger partial charge in [-0.3, -0.25) is 0 Å². The van der Waals surface area contributed by atoms with E-state index in [1.54, 1.807) is 0 Å².